The minimum absolute atomic E-state index is 0.282. The lowest BCUT2D eigenvalue weighted by atomic mass is 9.39. The molecule has 0 nitrogen and oxygen atoms in total. The number of hydrogen-bond donors (Lipinski definition) is 0. The summed E-state index contributed by atoms with van der Waals surface area (Å²) in [6, 6.07) is 42.4. The molecule has 37 heavy (non-hydrogen) atoms. The molecule has 0 N–H and O–H groups in total. The number of hydrogen-bond acceptors (Lipinski definition) is 2. The molecule has 3 heteroatoms. The van der Waals surface area contributed by atoms with E-state index in [-0.39, 0.29) is 6.71 Å². The highest BCUT2D eigenvalue weighted by Gasteiger charge is 2.34. The normalized spacial score (nSPS) is 11.9. The Kier molecular flexibility index (Phi) is 7.00. The third-order valence-electron chi connectivity index (χ3n) is 7.21. The number of benzene rings is 5. The highest BCUT2D eigenvalue weighted by Crippen LogP contribution is 2.36. The Morgan fingerprint density at radius 2 is 0.919 bits per heavy atom. The number of rotatable bonds is 7. The van der Waals surface area contributed by atoms with Crippen LogP contribution in [0.3, 0.4) is 0 Å². The van der Waals surface area contributed by atoms with Crippen LogP contribution in [0.1, 0.15) is 22.3 Å². The molecule has 0 radical (unpaired) electrons. The predicted molar refractivity (Wildman–Crippen MR) is 164 cm³/mol. The summed E-state index contributed by atoms with van der Waals surface area (Å²) >= 11 is 3.90. The van der Waals surface area contributed by atoms with Gasteiger partial charge in [0.1, 0.15) is 0 Å². The Balaban J connectivity index is 1.41. The Bertz CT molecular complexity index is 1430. The van der Waals surface area contributed by atoms with Crippen molar-refractivity contribution in [2.24, 2.45) is 0 Å². The first-order valence-electron chi connectivity index (χ1n) is 12.9. The molecule has 0 saturated heterocycles. The molecule has 0 spiro atoms. The molecule has 0 atom stereocenters. The van der Waals surface area contributed by atoms with Crippen LogP contribution in [0.25, 0.3) is 11.1 Å². The maximum Gasteiger partial charge on any atom is 0.242 e. The van der Waals surface area contributed by atoms with Crippen molar-refractivity contribution in [2.45, 2.75) is 35.1 Å². The molecule has 0 unspecified atom stereocenters. The van der Waals surface area contributed by atoms with Gasteiger partial charge in [-0.25, -0.2) is 0 Å². The molecule has 1 heterocycles. The summed E-state index contributed by atoms with van der Waals surface area (Å²) < 4.78 is 0. The van der Waals surface area contributed by atoms with Crippen molar-refractivity contribution in [2.75, 3.05) is 0 Å². The standard InChI is InChI=1S/C34H29BS2/c1-24-18-31-29(20-33(24)36-22-26-12-6-3-7-13-26)30-21-34(37-23-27-14-8-4-9-15-27)25(2)19-32(30)35(31)28-16-10-5-11-17-28/h3-21H,22-23H2,1-2H3. The molecule has 0 aliphatic carbocycles. The molecule has 0 aromatic heterocycles. The van der Waals surface area contributed by atoms with Crippen LogP contribution in [0.2, 0.25) is 0 Å². The lowest BCUT2D eigenvalue weighted by Gasteiger charge is -2.14. The SMILES string of the molecule is Cc1cc2c(cc1SCc1ccccc1)-c1cc(SCc3ccccc3)c(C)cc1B2c1ccccc1. The number of thioether (sulfide) groups is 2. The molecule has 6 rings (SSSR count). The molecule has 5 aromatic carbocycles. The quantitative estimate of drug-likeness (QED) is 0.162. The molecule has 5 aromatic rings. The van der Waals surface area contributed by atoms with Gasteiger partial charge in [0.15, 0.2) is 0 Å². The van der Waals surface area contributed by atoms with E-state index >= 15 is 0 Å². The first kappa shape index (κ1) is 24.2. The first-order valence-corrected chi connectivity index (χ1v) is 14.8. The second-order valence-corrected chi connectivity index (χ2v) is 11.8. The van der Waals surface area contributed by atoms with Crippen molar-refractivity contribution >= 4 is 46.6 Å². The average molecular weight is 513 g/mol. The molecule has 1 aliphatic rings. The molecule has 0 fully saturated rings. The van der Waals surface area contributed by atoms with E-state index in [2.05, 4.69) is 129 Å². The zero-order chi connectivity index (χ0) is 25.2. The largest absolute Gasteiger partial charge is 0.242 e. The third kappa shape index (κ3) is 5.03. The van der Waals surface area contributed by atoms with Crippen LogP contribution >= 0.6 is 23.5 Å². The topological polar surface area (TPSA) is 0 Å². The molecule has 0 bridgehead atoms. The Hall–Kier alpha value is -3.14. The molecule has 0 saturated carbocycles. The maximum absolute atomic E-state index is 2.46. The van der Waals surface area contributed by atoms with E-state index in [1.807, 2.05) is 23.5 Å². The predicted octanol–water partition coefficient (Wildman–Crippen LogP) is 7.38. The maximum atomic E-state index is 2.46. The Morgan fingerprint density at radius 1 is 0.514 bits per heavy atom. The van der Waals surface area contributed by atoms with Gasteiger partial charge in [0.05, 0.1) is 0 Å². The fourth-order valence-corrected chi connectivity index (χ4v) is 7.32. The Labute approximate surface area is 229 Å². The minimum Gasteiger partial charge on any atom is -0.121 e. The van der Waals surface area contributed by atoms with Crippen LogP contribution < -0.4 is 16.4 Å². The van der Waals surface area contributed by atoms with Crippen LogP contribution in [0.5, 0.6) is 0 Å². The van der Waals surface area contributed by atoms with Gasteiger partial charge >= 0.3 is 0 Å². The number of fused-ring (bicyclic) bond motifs is 3. The fraction of sp³-hybridized carbons (Fsp3) is 0.118. The van der Waals surface area contributed by atoms with E-state index in [1.165, 1.54) is 59.6 Å². The van der Waals surface area contributed by atoms with E-state index in [9.17, 15) is 0 Å². The van der Waals surface area contributed by atoms with Crippen LogP contribution in [0.15, 0.2) is 125 Å². The third-order valence-corrected chi connectivity index (χ3v) is 9.67. The Morgan fingerprint density at radius 3 is 1.35 bits per heavy atom. The number of aryl methyl sites for hydroxylation is 2. The van der Waals surface area contributed by atoms with Crippen molar-refractivity contribution in [1.82, 2.24) is 0 Å². The van der Waals surface area contributed by atoms with Crippen molar-refractivity contribution in [3.8, 4) is 11.1 Å². The van der Waals surface area contributed by atoms with Gasteiger partial charge in [0, 0.05) is 21.3 Å². The van der Waals surface area contributed by atoms with Gasteiger partial charge in [-0.1, -0.05) is 120 Å². The van der Waals surface area contributed by atoms with E-state index in [4.69, 9.17) is 0 Å². The van der Waals surface area contributed by atoms with E-state index in [1.54, 1.807) is 0 Å². The second kappa shape index (κ2) is 10.7. The van der Waals surface area contributed by atoms with Gasteiger partial charge in [-0.05, 0) is 59.4 Å². The first-order chi connectivity index (χ1) is 18.2. The second-order valence-electron chi connectivity index (χ2n) is 9.80. The van der Waals surface area contributed by atoms with Gasteiger partial charge in [0.2, 0.25) is 6.71 Å². The zero-order valence-corrected chi connectivity index (χ0v) is 22.9. The summed E-state index contributed by atoms with van der Waals surface area (Å²) in [6.07, 6.45) is 0. The van der Waals surface area contributed by atoms with E-state index in [0.29, 0.717) is 0 Å². The highest BCUT2D eigenvalue weighted by atomic mass is 32.2. The average Bonchev–Trinajstić information content (AvgIpc) is 3.23. The molecule has 180 valence electrons. The minimum atomic E-state index is 0.282. The van der Waals surface area contributed by atoms with Gasteiger partial charge in [-0.2, -0.15) is 0 Å². The van der Waals surface area contributed by atoms with Crippen LogP contribution in [0.4, 0.5) is 0 Å². The summed E-state index contributed by atoms with van der Waals surface area (Å²) in [7, 11) is 0. The lowest BCUT2D eigenvalue weighted by Crippen LogP contribution is -2.49. The lowest BCUT2D eigenvalue weighted by molar-refractivity contribution is 1.29. The molecular weight excluding hydrogens is 483 g/mol. The molecule has 0 amide bonds. The van der Waals surface area contributed by atoms with E-state index in [0.717, 1.165) is 11.5 Å². The fourth-order valence-electron chi connectivity index (χ4n) is 5.32. The smallest absolute Gasteiger partial charge is 0.121 e. The zero-order valence-electron chi connectivity index (χ0n) is 21.3. The van der Waals surface area contributed by atoms with Crippen molar-refractivity contribution in [1.29, 1.82) is 0 Å². The van der Waals surface area contributed by atoms with Gasteiger partial charge < -0.3 is 0 Å². The van der Waals surface area contributed by atoms with Crippen LogP contribution in [-0.2, 0) is 11.5 Å². The van der Waals surface area contributed by atoms with Crippen LogP contribution in [0, 0.1) is 13.8 Å². The summed E-state index contributed by atoms with van der Waals surface area (Å²) in [6.45, 7) is 4.82. The van der Waals surface area contributed by atoms with E-state index < -0.39 is 0 Å². The van der Waals surface area contributed by atoms with Gasteiger partial charge in [-0.15, -0.1) is 23.5 Å². The summed E-state index contributed by atoms with van der Waals surface area (Å²) in [4.78, 5) is 2.75. The summed E-state index contributed by atoms with van der Waals surface area (Å²) in [5.74, 6) is 1.98. The molecular formula is C34H29BS2. The van der Waals surface area contributed by atoms with Crippen molar-refractivity contribution in [3.05, 3.63) is 138 Å². The van der Waals surface area contributed by atoms with Crippen LogP contribution in [-0.4, -0.2) is 6.71 Å². The molecule has 1 aliphatic heterocycles. The van der Waals surface area contributed by atoms with Crippen molar-refractivity contribution in [3.63, 3.8) is 0 Å². The van der Waals surface area contributed by atoms with Crippen molar-refractivity contribution < 1.29 is 0 Å². The van der Waals surface area contributed by atoms with Gasteiger partial charge in [-0.3, -0.25) is 0 Å². The highest BCUT2D eigenvalue weighted by molar-refractivity contribution is 7.98. The monoisotopic (exact) mass is 512 g/mol. The summed E-state index contributed by atoms with van der Waals surface area (Å²) in [5, 5.41) is 0. The summed E-state index contributed by atoms with van der Waals surface area (Å²) in [5.41, 5.74) is 12.5. The van der Waals surface area contributed by atoms with Gasteiger partial charge in [0.25, 0.3) is 0 Å².